The van der Waals surface area contributed by atoms with Gasteiger partial charge in [0.1, 0.15) is 6.54 Å². The van der Waals surface area contributed by atoms with Crippen molar-refractivity contribution < 1.29 is 24.2 Å². The first-order valence-electron chi connectivity index (χ1n) is 8.48. The van der Waals surface area contributed by atoms with Gasteiger partial charge in [-0.15, -0.1) is 0 Å². The standard InChI is InChI=1S/C18H24N2O5/c21-16(6-3-13-7-9-25-10-8-13)20-15-4-1-14(2-5-15)11-17(22)19-12-18(23)24/h1-2,4-5,13H,3,6-12H2,(H,19,22)(H,20,21)(H,23,24). The quantitative estimate of drug-likeness (QED) is 0.661. The summed E-state index contributed by atoms with van der Waals surface area (Å²) < 4.78 is 5.31. The van der Waals surface area contributed by atoms with Crippen molar-refractivity contribution in [3.05, 3.63) is 29.8 Å². The molecular formula is C18H24N2O5. The van der Waals surface area contributed by atoms with Crippen LogP contribution in [0.15, 0.2) is 24.3 Å². The van der Waals surface area contributed by atoms with E-state index in [0.29, 0.717) is 18.0 Å². The minimum atomic E-state index is -1.08. The predicted molar refractivity (Wildman–Crippen MR) is 92.2 cm³/mol. The molecule has 0 unspecified atom stereocenters. The third-order valence-electron chi connectivity index (χ3n) is 4.16. The molecule has 0 atom stereocenters. The van der Waals surface area contributed by atoms with Gasteiger partial charge in [-0.2, -0.15) is 0 Å². The number of hydrogen-bond donors (Lipinski definition) is 3. The first-order chi connectivity index (χ1) is 12.0. The molecule has 136 valence electrons. The van der Waals surface area contributed by atoms with Crippen LogP contribution in [0.25, 0.3) is 0 Å². The Kier molecular flexibility index (Phi) is 7.40. The van der Waals surface area contributed by atoms with Crippen LogP contribution < -0.4 is 10.6 Å². The van der Waals surface area contributed by atoms with E-state index in [9.17, 15) is 14.4 Å². The van der Waals surface area contributed by atoms with Crippen molar-refractivity contribution in [2.75, 3.05) is 25.1 Å². The predicted octanol–water partition coefficient (Wildman–Crippen LogP) is 1.58. The lowest BCUT2D eigenvalue weighted by molar-refractivity contribution is -0.137. The maximum Gasteiger partial charge on any atom is 0.322 e. The van der Waals surface area contributed by atoms with E-state index in [1.807, 2.05) is 0 Å². The maximum absolute atomic E-state index is 12.0. The van der Waals surface area contributed by atoms with Crippen molar-refractivity contribution in [3.63, 3.8) is 0 Å². The van der Waals surface area contributed by atoms with Gasteiger partial charge in [0, 0.05) is 25.3 Å². The van der Waals surface area contributed by atoms with Gasteiger partial charge < -0.3 is 20.5 Å². The molecule has 1 aliphatic heterocycles. The Morgan fingerprint density at radius 3 is 2.40 bits per heavy atom. The number of benzene rings is 1. The number of nitrogens with one attached hydrogen (secondary N) is 2. The number of carboxylic acid groups (broad SMARTS) is 1. The summed E-state index contributed by atoms with van der Waals surface area (Å²) in [6.45, 7) is 1.18. The van der Waals surface area contributed by atoms with Crippen LogP contribution in [0.2, 0.25) is 0 Å². The molecule has 1 heterocycles. The van der Waals surface area contributed by atoms with Gasteiger partial charge in [-0.05, 0) is 42.9 Å². The van der Waals surface area contributed by atoms with Crippen LogP contribution >= 0.6 is 0 Å². The zero-order chi connectivity index (χ0) is 18.1. The van der Waals surface area contributed by atoms with Crippen molar-refractivity contribution in [1.29, 1.82) is 0 Å². The fourth-order valence-corrected chi connectivity index (χ4v) is 2.72. The molecule has 25 heavy (non-hydrogen) atoms. The molecule has 2 amide bonds. The molecule has 1 aromatic rings. The third-order valence-corrected chi connectivity index (χ3v) is 4.16. The molecule has 3 N–H and O–H groups in total. The summed E-state index contributed by atoms with van der Waals surface area (Å²) in [6.07, 6.45) is 3.50. The Balaban J connectivity index is 1.72. The number of amides is 2. The number of aliphatic carboxylic acids is 1. The van der Waals surface area contributed by atoms with Gasteiger partial charge in [0.25, 0.3) is 0 Å². The van der Waals surface area contributed by atoms with Crippen LogP contribution in [-0.4, -0.2) is 42.6 Å². The summed E-state index contributed by atoms with van der Waals surface area (Å²) in [7, 11) is 0. The van der Waals surface area contributed by atoms with E-state index in [1.165, 1.54) is 0 Å². The number of carboxylic acids is 1. The Hall–Kier alpha value is -2.41. The molecule has 0 radical (unpaired) electrons. The lowest BCUT2D eigenvalue weighted by Crippen LogP contribution is -2.30. The summed E-state index contributed by atoms with van der Waals surface area (Å²) >= 11 is 0. The van der Waals surface area contributed by atoms with E-state index in [1.54, 1.807) is 24.3 Å². The highest BCUT2D eigenvalue weighted by Gasteiger charge is 2.15. The fourth-order valence-electron chi connectivity index (χ4n) is 2.72. The monoisotopic (exact) mass is 348 g/mol. The third kappa shape index (κ3) is 7.34. The molecule has 0 bridgehead atoms. The second-order valence-corrected chi connectivity index (χ2v) is 6.19. The van der Waals surface area contributed by atoms with Crippen LogP contribution in [0, 0.1) is 5.92 Å². The molecule has 1 aromatic carbocycles. The number of ether oxygens (including phenoxy) is 1. The molecule has 0 saturated carbocycles. The Morgan fingerprint density at radius 2 is 1.76 bits per heavy atom. The largest absolute Gasteiger partial charge is 0.480 e. The Bertz CT molecular complexity index is 594. The number of anilines is 1. The molecule has 1 aliphatic rings. The number of hydrogen-bond acceptors (Lipinski definition) is 4. The summed E-state index contributed by atoms with van der Waals surface area (Å²) in [4.78, 5) is 34.0. The lowest BCUT2D eigenvalue weighted by atomic mass is 9.95. The highest BCUT2D eigenvalue weighted by atomic mass is 16.5. The van der Waals surface area contributed by atoms with E-state index in [-0.39, 0.29) is 24.8 Å². The van der Waals surface area contributed by atoms with Crippen molar-refractivity contribution in [1.82, 2.24) is 5.32 Å². The van der Waals surface area contributed by atoms with Gasteiger partial charge in [-0.1, -0.05) is 12.1 Å². The van der Waals surface area contributed by atoms with Crippen LogP contribution in [0.1, 0.15) is 31.2 Å². The highest BCUT2D eigenvalue weighted by Crippen LogP contribution is 2.20. The minimum absolute atomic E-state index is 0.0153. The van der Waals surface area contributed by atoms with Crippen molar-refractivity contribution in [2.45, 2.75) is 32.1 Å². The first-order valence-corrected chi connectivity index (χ1v) is 8.48. The number of carbonyl (C=O) groups excluding carboxylic acids is 2. The zero-order valence-corrected chi connectivity index (χ0v) is 14.1. The van der Waals surface area contributed by atoms with Crippen LogP contribution in [0.4, 0.5) is 5.69 Å². The first kappa shape index (κ1) is 18.9. The van der Waals surface area contributed by atoms with Crippen molar-refractivity contribution >= 4 is 23.5 Å². The van der Waals surface area contributed by atoms with Gasteiger partial charge in [0.2, 0.25) is 11.8 Å². The van der Waals surface area contributed by atoms with Crippen molar-refractivity contribution in [2.24, 2.45) is 5.92 Å². The van der Waals surface area contributed by atoms with Gasteiger partial charge in [-0.3, -0.25) is 14.4 Å². The van der Waals surface area contributed by atoms with E-state index < -0.39 is 5.97 Å². The summed E-state index contributed by atoms with van der Waals surface area (Å²) in [5.41, 5.74) is 1.44. The second-order valence-electron chi connectivity index (χ2n) is 6.19. The molecule has 0 aromatic heterocycles. The summed E-state index contributed by atoms with van der Waals surface area (Å²) in [6, 6.07) is 6.97. The van der Waals surface area contributed by atoms with E-state index in [0.717, 1.165) is 38.0 Å². The molecule has 2 rings (SSSR count). The lowest BCUT2D eigenvalue weighted by Gasteiger charge is -2.21. The van der Waals surface area contributed by atoms with Gasteiger partial charge >= 0.3 is 5.97 Å². The van der Waals surface area contributed by atoms with Crippen molar-refractivity contribution in [3.8, 4) is 0 Å². The topological polar surface area (TPSA) is 105 Å². The van der Waals surface area contributed by atoms with Gasteiger partial charge in [-0.25, -0.2) is 0 Å². The average molecular weight is 348 g/mol. The van der Waals surface area contributed by atoms with Crippen LogP contribution in [0.5, 0.6) is 0 Å². The van der Waals surface area contributed by atoms with E-state index >= 15 is 0 Å². The Morgan fingerprint density at radius 1 is 1.08 bits per heavy atom. The number of carbonyl (C=O) groups is 3. The molecule has 7 nitrogen and oxygen atoms in total. The summed E-state index contributed by atoms with van der Waals surface area (Å²) in [5, 5.41) is 13.7. The fraction of sp³-hybridized carbons (Fsp3) is 0.500. The van der Waals surface area contributed by atoms with Crippen LogP contribution in [0.3, 0.4) is 0 Å². The summed E-state index contributed by atoms with van der Waals surface area (Å²) in [5.74, 6) is -0.882. The molecule has 1 saturated heterocycles. The maximum atomic E-state index is 12.0. The van der Waals surface area contributed by atoms with Gasteiger partial charge in [0.15, 0.2) is 0 Å². The van der Waals surface area contributed by atoms with E-state index in [4.69, 9.17) is 9.84 Å². The van der Waals surface area contributed by atoms with Crippen LogP contribution in [-0.2, 0) is 25.5 Å². The molecule has 0 spiro atoms. The molecular weight excluding hydrogens is 324 g/mol. The SMILES string of the molecule is O=C(O)CNC(=O)Cc1ccc(NC(=O)CCC2CCOCC2)cc1. The van der Waals surface area contributed by atoms with Gasteiger partial charge in [0.05, 0.1) is 6.42 Å². The second kappa shape index (κ2) is 9.78. The molecule has 7 heteroatoms. The smallest absolute Gasteiger partial charge is 0.322 e. The Labute approximate surface area is 146 Å². The molecule has 0 aliphatic carbocycles. The minimum Gasteiger partial charge on any atom is -0.480 e. The zero-order valence-electron chi connectivity index (χ0n) is 14.1. The number of rotatable bonds is 8. The average Bonchev–Trinajstić information content (AvgIpc) is 2.61. The molecule has 1 fully saturated rings. The van der Waals surface area contributed by atoms with E-state index in [2.05, 4.69) is 10.6 Å². The highest BCUT2D eigenvalue weighted by molar-refractivity contribution is 5.90. The normalized spacial score (nSPS) is 14.7.